The van der Waals surface area contributed by atoms with Crippen LogP contribution in [0.3, 0.4) is 0 Å². The summed E-state index contributed by atoms with van der Waals surface area (Å²) in [5.41, 5.74) is 0. The lowest BCUT2D eigenvalue weighted by molar-refractivity contribution is -0.305. The minimum Gasteiger partial charge on any atom is -0.462 e. The van der Waals surface area contributed by atoms with Gasteiger partial charge in [-0.25, -0.2) is 0 Å². The van der Waals surface area contributed by atoms with Gasteiger partial charge >= 0.3 is 11.9 Å². The Kier molecular flexibility index (Phi) is 32.6. The molecule has 0 radical (unpaired) electrons. The molecular formula is C43H80O10. The first kappa shape index (κ1) is 49.5. The number of aliphatic hydroxyl groups excluding tert-OH is 4. The summed E-state index contributed by atoms with van der Waals surface area (Å²) in [6.45, 7) is 3.41. The summed E-state index contributed by atoms with van der Waals surface area (Å²) in [4.78, 5) is 25.3. The quantitative estimate of drug-likeness (QED) is 0.0277. The first-order valence-corrected chi connectivity index (χ1v) is 21.8. The summed E-state index contributed by atoms with van der Waals surface area (Å²) in [6.07, 6.45) is 27.9. The molecule has 312 valence electrons. The maximum atomic E-state index is 12.7. The van der Waals surface area contributed by atoms with E-state index in [0.717, 1.165) is 57.8 Å². The highest BCUT2D eigenvalue weighted by Gasteiger charge is 2.44. The number of allylic oxidation sites excluding steroid dienone is 2. The molecule has 10 nitrogen and oxygen atoms in total. The van der Waals surface area contributed by atoms with E-state index >= 15 is 0 Å². The number of carbonyl (C=O) groups excluding carboxylic acids is 2. The van der Waals surface area contributed by atoms with Crippen molar-refractivity contribution in [3.05, 3.63) is 12.2 Å². The summed E-state index contributed by atoms with van der Waals surface area (Å²) in [7, 11) is 0. The molecule has 0 aromatic carbocycles. The van der Waals surface area contributed by atoms with Crippen molar-refractivity contribution in [1.82, 2.24) is 0 Å². The maximum Gasteiger partial charge on any atom is 0.306 e. The standard InChI is InChI=1S/C43H80O10/c1-3-5-7-9-11-13-15-17-18-20-21-23-25-27-29-31-38(45)50-34-36(35-51-43-42(49)41(48)40(47)37(33-44)53-43)52-39(46)32-30-28-26-24-22-19-16-14-12-10-8-6-4-2/h14,16,36-37,40-44,47-49H,3-13,15,17-35H2,1-2H3/b16-14-/t36?,37-,40+,41+,42-,43-/m1/s1. The number of hydrogen-bond acceptors (Lipinski definition) is 10. The number of esters is 2. The van der Waals surface area contributed by atoms with E-state index in [1.165, 1.54) is 103 Å². The molecule has 53 heavy (non-hydrogen) atoms. The first-order chi connectivity index (χ1) is 25.8. The van der Waals surface area contributed by atoms with Gasteiger partial charge in [0, 0.05) is 12.8 Å². The van der Waals surface area contributed by atoms with Crippen LogP contribution < -0.4 is 0 Å². The highest BCUT2D eigenvalue weighted by atomic mass is 16.7. The van der Waals surface area contributed by atoms with Crippen LogP contribution in [0.4, 0.5) is 0 Å². The van der Waals surface area contributed by atoms with Crippen LogP contribution >= 0.6 is 0 Å². The Morgan fingerprint density at radius 3 is 1.49 bits per heavy atom. The van der Waals surface area contributed by atoms with Gasteiger partial charge in [0.15, 0.2) is 12.4 Å². The topological polar surface area (TPSA) is 152 Å². The summed E-state index contributed by atoms with van der Waals surface area (Å²) in [6, 6.07) is 0. The van der Waals surface area contributed by atoms with Crippen LogP contribution in [-0.4, -0.2) is 89.0 Å². The van der Waals surface area contributed by atoms with Crippen LogP contribution in [0.5, 0.6) is 0 Å². The van der Waals surface area contributed by atoms with Crippen molar-refractivity contribution in [2.24, 2.45) is 0 Å². The van der Waals surface area contributed by atoms with Crippen molar-refractivity contribution in [2.45, 2.75) is 230 Å². The van der Waals surface area contributed by atoms with Crippen molar-refractivity contribution in [3.8, 4) is 0 Å². The van der Waals surface area contributed by atoms with Gasteiger partial charge in [0.1, 0.15) is 31.0 Å². The number of ether oxygens (including phenoxy) is 4. The van der Waals surface area contributed by atoms with E-state index in [1.807, 2.05) is 0 Å². The van der Waals surface area contributed by atoms with Crippen molar-refractivity contribution in [3.63, 3.8) is 0 Å². The summed E-state index contributed by atoms with van der Waals surface area (Å²) in [5.74, 6) is -0.809. The second kappa shape index (κ2) is 34.9. The van der Waals surface area contributed by atoms with E-state index < -0.39 is 49.4 Å². The fourth-order valence-electron chi connectivity index (χ4n) is 6.65. The van der Waals surface area contributed by atoms with Gasteiger partial charge in [-0.15, -0.1) is 0 Å². The predicted octanol–water partition coefficient (Wildman–Crippen LogP) is 8.78. The molecule has 0 aromatic heterocycles. The molecule has 1 fully saturated rings. The molecule has 1 aliphatic rings. The average molecular weight is 757 g/mol. The second-order valence-corrected chi connectivity index (χ2v) is 15.2. The zero-order chi connectivity index (χ0) is 38.8. The molecule has 0 amide bonds. The van der Waals surface area contributed by atoms with E-state index in [1.54, 1.807) is 0 Å². The average Bonchev–Trinajstić information content (AvgIpc) is 3.15. The molecule has 0 aliphatic carbocycles. The Morgan fingerprint density at radius 1 is 0.566 bits per heavy atom. The smallest absolute Gasteiger partial charge is 0.306 e. The lowest BCUT2D eigenvalue weighted by Gasteiger charge is -2.39. The molecule has 1 heterocycles. The van der Waals surface area contributed by atoms with Crippen LogP contribution in [0.25, 0.3) is 0 Å². The number of carbonyl (C=O) groups is 2. The normalized spacial score (nSPS) is 20.9. The minimum atomic E-state index is -1.59. The maximum absolute atomic E-state index is 12.7. The molecular weight excluding hydrogens is 676 g/mol. The van der Waals surface area contributed by atoms with E-state index in [2.05, 4.69) is 26.0 Å². The van der Waals surface area contributed by atoms with Crippen LogP contribution in [0.1, 0.15) is 194 Å². The highest BCUT2D eigenvalue weighted by Crippen LogP contribution is 2.23. The molecule has 1 saturated heterocycles. The molecule has 4 N–H and O–H groups in total. The SMILES string of the molecule is CCCCCC/C=C\CCCCCCCC(=O)OC(COC(=O)CCCCCCCCCCCCCCCCC)CO[C@@H]1O[C@H](CO)[C@H](O)[C@H](O)[C@H]1O. The predicted molar refractivity (Wildman–Crippen MR) is 210 cm³/mol. The Morgan fingerprint density at radius 2 is 1.00 bits per heavy atom. The lowest BCUT2D eigenvalue weighted by Crippen LogP contribution is -2.59. The Balaban J connectivity index is 2.34. The third kappa shape index (κ3) is 26.8. The summed E-state index contributed by atoms with van der Waals surface area (Å²) in [5, 5.41) is 40.0. The number of unbranched alkanes of at least 4 members (excludes halogenated alkanes) is 23. The van der Waals surface area contributed by atoms with Crippen molar-refractivity contribution in [1.29, 1.82) is 0 Å². The molecule has 6 atom stereocenters. The zero-order valence-electron chi connectivity index (χ0n) is 33.8. The fourth-order valence-corrected chi connectivity index (χ4v) is 6.65. The van der Waals surface area contributed by atoms with E-state index in [9.17, 15) is 30.0 Å². The van der Waals surface area contributed by atoms with Gasteiger partial charge in [-0.05, 0) is 38.5 Å². The van der Waals surface area contributed by atoms with Crippen LogP contribution in [0.15, 0.2) is 12.2 Å². The van der Waals surface area contributed by atoms with Gasteiger partial charge in [-0.2, -0.15) is 0 Å². The Bertz CT molecular complexity index is 881. The summed E-state index contributed by atoms with van der Waals surface area (Å²) < 4.78 is 22.1. The van der Waals surface area contributed by atoms with Gasteiger partial charge in [-0.3, -0.25) is 9.59 Å². The first-order valence-electron chi connectivity index (χ1n) is 21.8. The van der Waals surface area contributed by atoms with Gasteiger partial charge in [-0.1, -0.05) is 154 Å². The molecule has 0 bridgehead atoms. The third-order valence-corrected chi connectivity index (χ3v) is 10.2. The van der Waals surface area contributed by atoms with Crippen molar-refractivity contribution in [2.75, 3.05) is 19.8 Å². The molecule has 0 saturated carbocycles. The minimum absolute atomic E-state index is 0.215. The molecule has 10 heteroatoms. The van der Waals surface area contributed by atoms with Crippen molar-refractivity contribution >= 4 is 11.9 Å². The molecule has 0 spiro atoms. The summed E-state index contributed by atoms with van der Waals surface area (Å²) >= 11 is 0. The largest absolute Gasteiger partial charge is 0.462 e. The number of rotatable bonds is 36. The van der Waals surface area contributed by atoms with Gasteiger partial charge in [0.2, 0.25) is 0 Å². The zero-order valence-corrected chi connectivity index (χ0v) is 33.8. The third-order valence-electron chi connectivity index (χ3n) is 10.2. The van der Waals surface area contributed by atoms with Gasteiger partial charge < -0.3 is 39.4 Å². The van der Waals surface area contributed by atoms with Crippen molar-refractivity contribution < 1.29 is 49.0 Å². The van der Waals surface area contributed by atoms with E-state index in [0.29, 0.717) is 6.42 Å². The molecule has 0 aromatic rings. The Labute approximate surface area is 322 Å². The molecule has 1 unspecified atom stereocenters. The number of hydrogen-bond donors (Lipinski definition) is 4. The second-order valence-electron chi connectivity index (χ2n) is 15.2. The van der Waals surface area contributed by atoms with E-state index in [4.69, 9.17) is 18.9 Å². The van der Waals surface area contributed by atoms with E-state index in [-0.39, 0.29) is 32.0 Å². The van der Waals surface area contributed by atoms with Crippen LogP contribution in [-0.2, 0) is 28.5 Å². The monoisotopic (exact) mass is 757 g/mol. The molecule has 1 aliphatic heterocycles. The highest BCUT2D eigenvalue weighted by molar-refractivity contribution is 5.70. The van der Waals surface area contributed by atoms with Crippen LogP contribution in [0.2, 0.25) is 0 Å². The molecule has 1 rings (SSSR count). The Hall–Kier alpha value is -1.56. The fraction of sp³-hybridized carbons (Fsp3) is 0.907. The lowest BCUT2D eigenvalue weighted by atomic mass is 9.99. The van der Waals surface area contributed by atoms with Gasteiger partial charge in [0.25, 0.3) is 0 Å². The number of aliphatic hydroxyl groups is 4. The van der Waals surface area contributed by atoms with Crippen LogP contribution in [0, 0.1) is 0 Å². The van der Waals surface area contributed by atoms with Gasteiger partial charge in [0.05, 0.1) is 13.2 Å².